The molecule has 7 heavy (non-hydrogen) atoms. The second-order valence-corrected chi connectivity index (χ2v) is 1.64. The van der Waals surface area contributed by atoms with Crippen LogP contribution < -0.4 is 5.73 Å². The monoisotopic (exact) mass is 119 g/mol. The van der Waals surface area contributed by atoms with Crippen LogP contribution in [0.2, 0.25) is 0 Å². The van der Waals surface area contributed by atoms with E-state index in [2.05, 4.69) is 17.1 Å². The van der Waals surface area contributed by atoms with Crippen molar-refractivity contribution in [3.8, 4) is 0 Å². The number of thiol groups is 1. The third-order valence-corrected chi connectivity index (χ3v) is 0.788. The molecule has 3 heteroatoms. The van der Waals surface area contributed by atoms with Crippen molar-refractivity contribution in [1.29, 1.82) is 0 Å². The Morgan fingerprint density at radius 1 is 1.57 bits per heavy atom. The summed E-state index contributed by atoms with van der Waals surface area (Å²) in [4.78, 5) is 0. The van der Waals surface area contributed by atoms with Crippen LogP contribution in [0.15, 0.2) is 11.5 Å². The predicted octanol–water partition coefficient (Wildman–Crippen LogP) is 1.06. The first-order chi connectivity index (χ1) is 3.18. The lowest BCUT2D eigenvalue weighted by Crippen LogP contribution is -1.97. The zero-order chi connectivity index (χ0) is 5.86. The fourth-order valence-electron chi connectivity index (χ4n) is 0.0913. The standard InChI is InChI=1S/C4H9NOS/c1-3(2)4(5)6-7/h7H,5H2,1-2H3. The van der Waals surface area contributed by atoms with Gasteiger partial charge in [-0.3, -0.25) is 0 Å². The van der Waals surface area contributed by atoms with E-state index in [1.807, 2.05) is 13.8 Å². The minimum atomic E-state index is 0.378. The van der Waals surface area contributed by atoms with E-state index in [4.69, 9.17) is 5.73 Å². The van der Waals surface area contributed by atoms with Gasteiger partial charge in [0, 0.05) is 12.9 Å². The number of nitrogens with two attached hydrogens (primary N) is 1. The van der Waals surface area contributed by atoms with Crippen LogP contribution >= 0.6 is 12.9 Å². The minimum absolute atomic E-state index is 0.378. The Morgan fingerprint density at radius 2 is 2.00 bits per heavy atom. The highest BCUT2D eigenvalue weighted by molar-refractivity contribution is 7.75. The van der Waals surface area contributed by atoms with Gasteiger partial charge in [-0.1, -0.05) is 0 Å². The third kappa shape index (κ3) is 2.39. The molecular weight excluding hydrogens is 110 g/mol. The predicted molar refractivity (Wildman–Crippen MR) is 32.6 cm³/mol. The first kappa shape index (κ1) is 6.69. The van der Waals surface area contributed by atoms with Gasteiger partial charge in [-0.2, -0.15) is 0 Å². The lowest BCUT2D eigenvalue weighted by atomic mass is 10.4. The van der Waals surface area contributed by atoms with E-state index in [-0.39, 0.29) is 0 Å². The van der Waals surface area contributed by atoms with E-state index in [9.17, 15) is 0 Å². The Kier molecular flexibility index (Phi) is 2.67. The molecule has 0 atom stereocenters. The fourth-order valence-corrected chi connectivity index (χ4v) is 0.274. The van der Waals surface area contributed by atoms with Gasteiger partial charge in [0.15, 0.2) is 5.88 Å². The van der Waals surface area contributed by atoms with Crippen LogP contribution in [-0.4, -0.2) is 0 Å². The molecule has 0 unspecified atom stereocenters. The van der Waals surface area contributed by atoms with Crippen LogP contribution in [-0.2, 0) is 4.18 Å². The van der Waals surface area contributed by atoms with Gasteiger partial charge >= 0.3 is 0 Å². The van der Waals surface area contributed by atoms with Gasteiger partial charge < -0.3 is 9.92 Å². The summed E-state index contributed by atoms with van der Waals surface area (Å²) in [5, 5.41) is 0. The molecule has 0 saturated heterocycles. The van der Waals surface area contributed by atoms with Crippen LogP contribution in [0, 0.1) is 0 Å². The van der Waals surface area contributed by atoms with E-state index in [0.29, 0.717) is 5.88 Å². The van der Waals surface area contributed by atoms with Crippen molar-refractivity contribution in [3.63, 3.8) is 0 Å². The maximum absolute atomic E-state index is 5.20. The Hall–Kier alpha value is -0.310. The molecule has 0 aliphatic heterocycles. The highest BCUT2D eigenvalue weighted by atomic mass is 32.1. The summed E-state index contributed by atoms with van der Waals surface area (Å²) in [7, 11) is 0. The molecule has 0 aromatic heterocycles. The molecule has 42 valence electrons. The maximum atomic E-state index is 5.20. The molecule has 0 amide bonds. The summed E-state index contributed by atoms with van der Waals surface area (Å²) in [6.45, 7) is 3.71. The van der Waals surface area contributed by atoms with E-state index in [1.165, 1.54) is 0 Å². The van der Waals surface area contributed by atoms with Crippen molar-refractivity contribution in [3.05, 3.63) is 11.5 Å². The Morgan fingerprint density at radius 3 is 2.00 bits per heavy atom. The van der Waals surface area contributed by atoms with Gasteiger partial charge in [-0.15, -0.1) is 0 Å². The number of hydrogen-bond donors (Lipinski definition) is 2. The van der Waals surface area contributed by atoms with Crippen LogP contribution in [0.25, 0.3) is 0 Å². The summed E-state index contributed by atoms with van der Waals surface area (Å²) >= 11 is 3.47. The smallest absolute Gasteiger partial charge is 0.197 e. The van der Waals surface area contributed by atoms with Crippen molar-refractivity contribution >= 4 is 12.9 Å². The number of hydrogen-bond acceptors (Lipinski definition) is 3. The van der Waals surface area contributed by atoms with Crippen LogP contribution in [0.4, 0.5) is 0 Å². The lowest BCUT2D eigenvalue weighted by Gasteiger charge is -1.95. The van der Waals surface area contributed by atoms with Gasteiger partial charge in [0.05, 0.1) is 0 Å². The van der Waals surface area contributed by atoms with Gasteiger partial charge in [0.1, 0.15) is 0 Å². The van der Waals surface area contributed by atoms with Gasteiger partial charge in [-0.25, -0.2) is 0 Å². The van der Waals surface area contributed by atoms with E-state index in [0.717, 1.165) is 5.57 Å². The topological polar surface area (TPSA) is 35.2 Å². The molecule has 0 aliphatic carbocycles. The van der Waals surface area contributed by atoms with E-state index < -0.39 is 0 Å². The molecule has 0 saturated carbocycles. The fraction of sp³-hybridized carbons (Fsp3) is 0.500. The molecule has 0 aliphatic rings. The molecular formula is C4H9NOS. The van der Waals surface area contributed by atoms with Crippen molar-refractivity contribution in [1.82, 2.24) is 0 Å². The van der Waals surface area contributed by atoms with E-state index >= 15 is 0 Å². The first-order valence-corrected chi connectivity index (χ1v) is 2.29. The zero-order valence-corrected chi connectivity index (χ0v) is 5.33. The van der Waals surface area contributed by atoms with Crippen molar-refractivity contribution < 1.29 is 4.18 Å². The zero-order valence-electron chi connectivity index (χ0n) is 4.43. The second-order valence-electron chi connectivity index (χ2n) is 1.46. The number of allylic oxidation sites excluding steroid dienone is 1. The molecule has 0 radical (unpaired) electrons. The van der Waals surface area contributed by atoms with Gasteiger partial charge in [0.2, 0.25) is 0 Å². The molecule has 0 fully saturated rings. The summed E-state index contributed by atoms with van der Waals surface area (Å²) < 4.78 is 4.36. The van der Waals surface area contributed by atoms with Crippen molar-refractivity contribution in [2.24, 2.45) is 5.73 Å². The Bertz CT molecular complexity index is 85.7. The molecule has 0 bridgehead atoms. The molecule has 0 spiro atoms. The molecule has 0 aromatic carbocycles. The average molecular weight is 119 g/mol. The quantitative estimate of drug-likeness (QED) is 0.307. The van der Waals surface area contributed by atoms with Crippen LogP contribution in [0.5, 0.6) is 0 Å². The lowest BCUT2D eigenvalue weighted by molar-refractivity contribution is 0.492. The largest absolute Gasteiger partial charge is 0.412 e. The molecule has 2 nitrogen and oxygen atoms in total. The molecule has 0 rings (SSSR count). The van der Waals surface area contributed by atoms with Crippen molar-refractivity contribution in [2.75, 3.05) is 0 Å². The second kappa shape index (κ2) is 2.80. The van der Waals surface area contributed by atoms with Crippen molar-refractivity contribution in [2.45, 2.75) is 13.8 Å². The summed E-state index contributed by atoms with van der Waals surface area (Å²) in [5.41, 5.74) is 6.14. The van der Waals surface area contributed by atoms with E-state index in [1.54, 1.807) is 0 Å². The highest BCUT2D eigenvalue weighted by Gasteiger charge is 1.85. The SMILES string of the molecule is CC(C)=C(N)OS. The molecule has 2 N–H and O–H groups in total. The van der Waals surface area contributed by atoms with Crippen LogP contribution in [0.1, 0.15) is 13.8 Å². The van der Waals surface area contributed by atoms with Gasteiger partial charge in [-0.05, 0) is 19.4 Å². The molecule has 0 aromatic rings. The first-order valence-electron chi connectivity index (χ1n) is 1.93. The average Bonchev–Trinajstić information content (AvgIpc) is 1.65. The maximum Gasteiger partial charge on any atom is 0.197 e. The third-order valence-electron chi connectivity index (χ3n) is 0.591. The van der Waals surface area contributed by atoms with Gasteiger partial charge in [0.25, 0.3) is 0 Å². The Balaban J connectivity index is 3.72. The summed E-state index contributed by atoms with van der Waals surface area (Å²) in [5.74, 6) is 0.378. The molecule has 0 heterocycles. The summed E-state index contributed by atoms with van der Waals surface area (Å²) in [6, 6.07) is 0. The normalized spacial score (nSPS) is 7.86. The van der Waals surface area contributed by atoms with Crippen LogP contribution in [0.3, 0.4) is 0 Å². The number of rotatable bonds is 1. The highest BCUT2D eigenvalue weighted by Crippen LogP contribution is 1.97. The minimum Gasteiger partial charge on any atom is -0.412 e. The Labute approximate surface area is 49.0 Å². The summed E-state index contributed by atoms with van der Waals surface area (Å²) in [6.07, 6.45) is 0.